The lowest BCUT2D eigenvalue weighted by Gasteiger charge is -2.08. The number of nitrogens with two attached hydrogens (primary N) is 1. The van der Waals surface area contributed by atoms with E-state index in [-0.39, 0.29) is 6.42 Å². The van der Waals surface area contributed by atoms with E-state index >= 15 is 0 Å². The van der Waals surface area contributed by atoms with E-state index in [9.17, 15) is 4.79 Å². The van der Waals surface area contributed by atoms with Gasteiger partial charge in [-0.05, 0) is 67.8 Å². The van der Waals surface area contributed by atoms with E-state index in [1.165, 1.54) is 5.56 Å². The van der Waals surface area contributed by atoms with Crippen LogP contribution in [0.3, 0.4) is 0 Å². The van der Waals surface area contributed by atoms with Crippen LogP contribution in [0.2, 0.25) is 0 Å². The summed E-state index contributed by atoms with van der Waals surface area (Å²) in [6, 6.07) is 15.4. The molecule has 4 N–H and O–H groups in total. The molecule has 0 saturated heterocycles. The second-order valence-corrected chi connectivity index (χ2v) is 7.46. The highest BCUT2D eigenvalue weighted by Gasteiger charge is 2.11. The predicted octanol–water partition coefficient (Wildman–Crippen LogP) is 3.09. The van der Waals surface area contributed by atoms with Crippen molar-refractivity contribution < 1.29 is 14.6 Å². The van der Waals surface area contributed by atoms with Crippen LogP contribution in [0, 0.1) is 0 Å². The Morgan fingerprint density at radius 3 is 2.61 bits per heavy atom. The molecule has 0 spiro atoms. The number of nitrogens with one attached hydrogen (secondary N) is 1. The molecule has 33 heavy (non-hydrogen) atoms. The number of aliphatic carboxylic acids is 1. The lowest BCUT2D eigenvalue weighted by molar-refractivity contribution is -0.137. The third-order valence-corrected chi connectivity index (χ3v) is 4.96. The first-order chi connectivity index (χ1) is 16.1. The Hall–Kier alpha value is -4.05. The number of aryl methyl sites for hydroxylation is 1. The molecule has 0 saturated carbocycles. The van der Waals surface area contributed by atoms with E-state index in [4.69, 9.17) is 15.6 Å². The molecule has 2 aromatic carbocycles. The van der Waals surface area contributed by atoms with Gasteiger partial charge in [0.2, 0.25) is 5.95 Å². The summed E-state index contributed by atoms with van der Waals surface area (Å²) in [6.45, 7) is 1.02. The molecule has 0 atom stereocenters. The van der Waals surface area contributed by atoms with Crippen molar-refractivity contribution in [3.8, 4) is 11.4 Å². The third-order valence-electron chi connectivity index (χ3n) is 4.96. The maximum absolute atomic E-state index is 10.6. The number of carboxylic acids is 1. The number of carbonyl (C=O) groups is 1. The molecule has 10 heteroatoms. The van der Waals surface area contributed by atoms with Gasteiger partial charge >= 0.3 is 5.97 Å². The minimum absolute atomic E-state index is 0.0809. The van der Waals surface area contributed by atoms with E-state index in [1.54, 1.807) is 23.0 Å². The number of hydrogen-bond donors (Lipinski definition) is 3. The van der Waals surface area contributed by atoms with Crippen molar-refractivity contribution in [2.45, 2.75) is 25.7 Å². The maximum atomic E-state index is 10.6. The van der Waals surface area contributed by atoms with Crippen LogP contribution >= 0.6 is 0 Å². The second kappa shape index (κ2) is 10.5. The molecule has 2 heterocycles. The van der Waals surface area contributed by atoms with E-state index in [0.717, 1.165) is 24.2 Å². The molecule has 4 rings (SSSR count). The van der Waals surface area contributed by atoms with Crippen LogP contribution in [0.25, 0.3) is 16.9 Å². The number of ether oxygens (including phenoxy) is 1. The quantitative estimate of drug-likeness (QED) is 0.296. The minimum Gasteiger partial charge on any atom is -0.494 e. The van der Waals surface area contributed by atoms with Gasteiger partial charge in [0.25, 0.3) is 0 Å². The summed E-state index contributed by atoms with van der Waals surface area (Å²) in [4.78, 5) is 19.5. The SMILES string of the molecule is NCCCc1ccc(Nc2ncc3nnn(-c4ccc(OCCCC(=O)O)cc4)c3n2)cc1. The average molecular weight is 447 g/mol. The lowest BCUT2D eigenvalue weighted by atomic mass is 10.1. The molecule has 0 radical (unpaired) electrons. The number of benzene rings is 2. The van der Waals surface area contributed by atoms with Crippen molar-refractivity contribution in [2.24, 2.45) is 5.73 Å². The lowest BCUT2D eigenvalue weighted by Crippen LogP contribution is -2.03. The zero-order valence-corrected chi connectivity index (χ0v) is 18.0. The van der Waals surface area contributed by atoms with Crippen molar-refractivity contribution in [3.63, 3.8) is 0 Å². The highest BCUT2D eigenvalue weighted by Crippen LogP contribution is 2.20. The molecule has 0 unspecified atom stereocenters. The van der Waals surface area contributed by atoms with Crippen molar-refractivity contribution in [1.29, 1.82) is 0 Å². The molecule has 10 nitrogen and oxygen atoms in total. The van der Waals surface area contributed by atoms with Gasteiger partial charge in [-0.15, -0.1) is 5.10 Å². The van der Waals surface area contributed by atoms with Gasteiger partial charge in [0.15, 0.2) is 11.2 Å². The van der Waals surface area contributed by atoms with E-state index < -0.39 is 5.97 Å². The fourth-order valence-electron chi connectivity index (χ4n) is 3.25. The highest BCUT2D eigenvalue weighted by atomic mass is 16.5. The Morgan fingerprint density at radius 1 is 1.09 bits per heavy atom. The van der Waals surface area contributed by atoms with Crippen LogP contribution in [0.4, 0.5) is 11.6 Å². The summed E-state index contributed by atoms with van der Waals surface area (Å²) in [5.41, 5.74) is 9.61. The van der Waals surface area contributed by atoms with E-state index in [2.05, 4.69) is 37.7 Å². The first-order valence-corrected chi connectivity index (χ1v) is 10.7. The number of hydrogen-bond acceptors (Lipinski definition) is 8. The van der Waals surface area contributed by atoms with Crippen LogP contribution < -0.4 is 15.8 Å². The van der Waals surface area contributed by atoms with Crippen molar-refractivity contribution in [3.05, 3.63) is 60.3 Å². The second-order valence-electron chi connectivity index (χ2n) is 7.46. The zero-order valence-electron chi connectivity index (χ0n) is 18.0. The molecule has 0 aliphatic rings. The van der Waals surface area contributed by atoms with Crippen LogP contribution in [0.15, 0.2) is 54.7 Å². The molecule has 0 aliphatic carbocycles. The number of anilines is 2. The summed E-state index contributed by atoms with van der Waals surface area (Å²) in [5.74, 6) is 0.266. The minimum atomic E-state index is -0.831. The van der Waals surface area contributed by atoms with Crippen LogP contribution in [-0.4, -0.2) is 49.2 Å². The summed E-state index contributed by atoms with van der Waals surface area (Å²) in [5, 5.41) is 20.3. The normalized spacial score (nSPS) is 10.9. The number of rotatable bonds is 11. The molecule has 0 aliphatic heterocycles. The van der Waals surface area contributed by atoms with E-state index in [1.807, 2.05) is 24.3 Å². The van der Waals surface area contributed by atoms with Gasteiger partial charge in [0.05, 0.1) is 18.5 Å². The summed E-state index contributed by atoms with van der Waals surface area (Å²) < 4.78 is 7.21. The Labute approximate surface area is 190 Å². The predicted molar refractivity (Wildman–Crippen MR) is 124 cm³/mol. The first kappa shape index (κ1) is 22.2. The van der Waals surface area contributed by atoms with Crippen LogP contribution in [-0.2, 0) is 11.2 Å². The van der Waals surface area contributed by atoms with Crippen LogP contribution in [0.1, 0.15) is 24.8 Å². The smallest absolute Gasteiger partial charge is 0.303 e. The molecule has 170 valence electrons. The Balaban J connectivity index is 1.46. The van der Waals surface area contributed by atoms with Gasteiger partial charge in [-0.25, -0.2) is 4.98 Å². The summed E-state index contributed by atoms with van der Waals surface area (Å²) in [6.07, 6.45) is 4.08. The van der Waals surface area contributed by atoms with E-state index in [0.29, 0.717) is 42.4 Å². The molecular weight excluding hydrogens is 422 g/mol. The number of aromatic nitrogens is 5. The highest BCUT2D eigenvalue weighted by molar-refractivity contribution is 5.73. The van der Waals surface area contributed by atoms with Gasteiger partial charge in [-0.1, -0.05) is 17.3 Å². The molecule has 4 aromatic rings. The average Bonchev–Trinajstić information content (AvgIpc) is 3.25. The number of fused-ring (bicyclic) bond motifs is 1. The third kappa shape index (κ3) is 5.80. The molecular formula is C23H25N7O3. The zero-order chi connectivity index (χ0) is 23.0. The molecule has 0 amide bonds. The summed E-state index contributed by atoms with van der Waals surface area (Å²) in [7, 11) is 0. The molecule has 0 fully saturated rings. The topological polar surface area (TPSA) is 141 Å². The van der Waals surface area contributed by atoms with Crippen LogP contribution in [0.5, 0.6) is 5.75 Å². The molecule has 2 aromatic heterocycles. The van der Waals surface area contributed by atoms with Crippen molar-refractivity contribution >= 4 is 28.8 Å². The van der Waals surface area contributed by atoms with Gasteiger partial charge in [-0.3, -0.25) is 4.79 Å². The summed E-state index contributed by atoms with van der Waals surface area (Å²) >= 11 is 0. The Morgan fingerprint density at radius 2 is 1.88 bits per heavy atom. The van der Waals surface area contributed by atoms with Gasteiger partial charge in [0, 0.05) is 12.1 Å². The maximum Gasteiger partial charge on any atom is 0.303 e. The van der Waals surface area contributed by atoms with Crippen molar-refractivity contribution in [1.82, 2.24) is 25.0 Å². The largest absolute Gasteiger partial charge is 0.494 e. The Bertz CT molecular complexity index is 1210. The van der Waals surface area contributed by atoms with Crippen molar-refractivity contribution in [2.75, 3.05) is 18.5 Å². The number of nitrogens with zero attached hydrogens (tertiary/aromatic N) is 5. The van der Waals surface area contributed by atoms with Gasteiger partial charge in [0.1, 0.15) is 5.75 Å². The van der Waals surface area contributed by atoms with Gasteiger partial charge in [-0.2, -0.15) is 9.67 Å². The fraction of sp³-hybridized carbons (Fsp3) is 0.261. The fourth-order valence-corrected chi connectivity index (χ4v) is 3.25. The Kier molecular flexibility index (Phi) is 7.06. The standard InChI is InChI=1S/C23H25N7O3/c24-13-1-3-16-5-7-17(8-6-16)26-23-25-15-20-22(27-23)30(29-28-20)18-9-11-19(12-10-18)33-14-2-4-21(31)32/h5-12,15H,1-4,13-14,24H2,(H,31,32)(H,25,26,27). The molecule has 0 bridgehead atoms. The first-order valence-electron chi connectivity index (χ1n) is 10.7. The van der Waals surface area contributed by atoms with Gasteiger partial charge < -0.3 is 20.9 Å². The monoisotopic (exact) mass is 447 g/mol. The number of carboxylic acid groups (broad SMARTS) is 1.